The Hall–Kier alpha value is -1.92. The summed E-state index contributed by atoms with van der Waals surface area (Å²) >= 11 is 0. The minimum Gasteiger partial charge on any atom is -0.385 e. The molecule has 2 aromatic carbocycles. The summed E-state index contributed by atoms with van der Waals surface area (Å²) in [6.07, 6.45) is 1.06. The number of halogens is 1. The van der Waals surface area contributed by atoms with E-state index in [1.165, 1.54) is 12.1 Å². The maximum Gasteiger partial charge on any atom is 0.238 e. The molecular weight excluding hydrogens is 303 g/mol. The fraction of sp³-hybridized carbons (Fsp3) is 0.250. The Bertz CT molecular complexity index is 758. The predicted molar refractivity (Wildman–Crippen MR) is 83.6 cm³/mol. The molecule has 0 saturated heterocycles. The predicted octanol–water partition coefficient (Wildman–Crippen LogP) is 2.69. The van der Waals surface area contributed by atoms with Crippen molar-refractivity contribution in [1.29, 1.82) is 0 Å². The molecule has 4 nitrogen and oxygen atoms in total. The van der Waals surface area contributed by atoms with Gasteiger partial charge in [-0.25, -0.2) is 17.9 Å². The molecule has 1 aliphatic carbocycles. The summed E-state index contributed by atoms with van der Waals surface area (Å²) in [5, 5.41) is 8.37. The SMILES string of the molecule is NS(=O)(=O)c1ccc(C2C[C@H]2CNc2ccc(F)cc2)cc1. The Morgan fingerprint density at radius 1 is 1.09 bits per heavy atom. The summed E-state index contributed by atoms with van der Waals surface area (Å²) in [4.78, 5) is 0.137. The van der Waals surface area contributed by atoms with E-state index < -0.39 is 10.0 Å². The van der Waals surface area contributed by atoms with Gasteiger partial charge in [-0.05, 0) is 60.2 Å². The summed E-state index contributed by atoms with van der Waals surface area (Å²) in [7, 11) is -3.63. The Morgan fingerprint density at radius 3 is 2.32 bits per heavy atom. The molecule has 6 heteroatoms. The number of anilines is 1. The minimum atomic E-state index is -3.63. The molecule has 0 bridgehead atoms. The number of nitrogens with one attached hydrogen (secondary N) is 1. The average molecular weight is 320 g/mol. The Balaban J connectivity index is 1.57. The summed E-state index contributed by atoms with van der Waals surface area (Å²) in [5.41, 5.74) is 2.02. The molecule has 0 radical (unpaired) electrons. The highest BCUT2D eigenvalue weighted by atomic mass is 32.2. The van der Waals surface area contributed by atoms with Gasteiger partial charge >= 0.3 is 0 Å². The van der Waals surface area contributed by atoms with Crippen LogP contribution in [-0.2, 0) is 10.0 Å². The molecule has 116 valence electrons. The van der Waals surface area contributed by atoms with Crippen LogP contribution in [0.5, 0.6) is 0 Å². The second-order valence-electron chi connectivity index (χ2n) is 5.60. The first-order valence-corrected chi connectivity index (χ1v) is 8.60. The zero-order valence-electron chi connectivity index (χ0n) is 11.9. The highest BCUT2D eigenvalue weighted by Crippen LogP contribution is 2.47. The summed E-state index contributed by atoms with van der Waals surface area (Å²) in [6.45, 7) is 0.813. The van der Waals surface area contributed by atoms with Gasteiger partial charge in [-0.3, -0.25) is 0 Å². The second kappa shape index (κ2) is 5.70. The highest BCUT2D eigenvalue weighted by Gasteiger charge is 2.37. The highest BCUT2D eigenvalue weighted by molar-refractivity contribution is 7.89. The number of sulfonamides is 1. The van der Waals surface area contributed by atoms with Gasteiger partial charge in [-0.1, -0.05) is 12.1 Å². The van der Waals surface area contributed by atoms with Gasteiger partial charge in [0.2, 0.25) is 10.0 Å². The van der Waals surface area contributed by atoms with E-state index in [1.54, 1.807) is 24.3 Å². The molecule has 0 amide bonds. The molecule has 3 N–H and O–H groups in total. The molecule has 0 heterocycles. The van der Waals surface area contributed by atoms with E-state index in [4.69, 9.17) is 5.14 Å². The van der Waals surface area contributed by atoms with E-state index >= 15 is 0 Å². The van der Waals surface area contributed by atoms with Crippen LogP contribution in [0.3, 0.4) is 0 Å². The lowest BCUT2D eigenvalue weighted by Gasteiger charge is -2.06. The first kappa shape index (κ1) is 15.0. The largest absolute Gasteiger partial charge is 0.385 e. The number of rotatable bonds is 5. The van der Waals surface area contributed by atoms with Gasteiger partial charge in [0.15, 0.2) is 0 Å². The smallest absolute Gasteiger partial charge is 0.238 e. The summed E-state index contributed by atoms with van der Waals surface area (Å²) < 4.78 is 35.3. The molecule has 0 spiro atoms. The van der Waals surface area contributed by atoms with Gasteiger partial charge < -0.3 is 5.32 Å². The van der Waals surface area contributed by atoms with Crippen molar-refractivity contribution in [3.8, 4) is 0 Å². The molecule has 1 fully saturated rings. The molecule has 1 saturated carbocycles. The van der Waals surface area contributed by atoms with Crippen LogP contribution in [0.4, 0.5) is 10.1 Å². The zero-order chi connectivity index (χ0) is 15.7. The zero-order valence-corrected chi connectivity index (χ0v) is 12.7. The minimum absolute atomic E-state index is 0.137. The molecule has 0 aromatic heterocycles. The Labute approximate surface area is 129 Å². The molecule has 2 aromatic rings. The fourth-order valence-electron chi connectivity index (χ4n) is 2.60. The monoisotopic (exact) mass is 320 g/mol. The average Bonchev–Trinajstić information content (AvgIpc) is 3.26. The second-order valence-corrected chi connectivity index (χ2v) is 7.17. The van der Waals surface area contributed by atoms with Crippen LogP contribution in [0.2, 0.25) is 0 Å². The van der Waals surface area contributed by atoms with Gasteiger partial charge in [0.1, 0.15) is 5.82 Å². The van der Waals surface area contributed by atoms with Crippen molar-refractivity contribution in [2.45, 2.75) is 17.2 Å². The topological polar surface area (TPSA) is 72.2 Å². The van der Waals surface area contributed by atoms with E-state index in [1.807, 2.05) is 12.1 Å². The van der Waals surface area contributed by atoms with Gasteiger partial charge in [-0.2, -0.15) is 0 Å². The molecule has 3 rings (SSSR count). The van der Waals surface area contributed by atoms with Gasteiger partial charge in [0.25, 0.3) is 0 Å². The molecular formula is C16H17FN2O2S. The standard InChI is InChI=1S/C16H17FN2O2S/c17-13-3-5-14(6-4-13)19-10-12-9-16(12)11-1-7-15(8-2-11)22(18,20)21/h1-8,12,16,19H,9-10H2,(H2,18,20,21)/t12-,16?/m0/s1. The van der Waals surface area contributed by atoms with Crippen molar-refractivity contribution in [2.24, 2.45) is 11.1 Å². The maximum atomic E-state index is 12.8. The van der Waals surface area contributed by atoms with Gasteiger partial charge in [0.05, 0.1) is 4.90 Å². The van der Waals surface area contributed by atoms with Crippen molar-refractivity contribution in [1.82, 2.24) is 0 Å². The molecule has 0 aliphatic heterocycles. The van der Waals surface area contributed by atoms with Crippen molar-refractivity contribution in [3.05, 3.63) is 59.9 Å². The summed E-state index contributed by atoms with van der Waals surface area (Å²) in [6, 6.07) is 13.0. The van der Waals surface area contributed by atoms with Crippen LogP contribution in [-0.4, -0.2) is 15.0 Å². The number of primary sulfonamides is 1. The van der Waals surface area contributed by atoms with E-state index in [0.717, 1.165) is 24.2 Å². The lowest BCUT2D eigenvalue weighted by Crippen LogP contribution is -2.11. The third kappa shape index (κ3) is 3.45. The van der Waals surface area contributed by atoms with E-state index in [-0.39, 0.29) is 10.7 Å². The van der Waals surface area contributed by atoms with E-state index in [2.05, 4.69) is 5.32 Å². The van der Waals surface area contributed by atoms with Crippen LogP contribution in [0.25, 0.3) is 0 Å². The van der Waals surface area contributed by atoms with Gasteiger partial charge in [0, 0.05) is 12.2 Å². The first-order chi connectivity index (χ1) is 10.4. The molecule has 1 unspecified atom stereocenters. The Morgan fingerprint density at radius 2 is 1.73 bits per heavy atom. The van der Waals surface area contributed by atoms with Gasteiger partial charge in [-0.15, -0.1) is 0 Å². The number of hydrogen-bond donors (Lipinski definition) is 2. The quantitative estimate of drug-likeness (QED) is 0.889. The van der Waals surface area contributed by atoms with Crippen molar-refractivity contribution >= 4 is 15.7 Å². The third-order valence-corrected chi connectivity index (χ3v) is 4.90. The van der Waals surface area contributed by atoms with Crippen LogP contribution in [0.1, 0.15) is 17.9 Å². The Kier molecular flexibility index (Phi) is 3.88. The maximum absolute atomic E-state index is 12.8. The van der Waals surface area contributed by atoms with E-state index in [9.17, 15) is 12.8 Å². The fourth-order valence-corrected chi connectivity index (χ4v) is 3.12. The van der Waals surface area contributed by atoms with Crippen LogP contribution in [0, 0.1) is 11.7 Å². The summed E-state index contributed by atoms with van der Waals surface area (Å²) in [5.74, 6) is 0.692. The molecule has 22 heavy (non-hydrogen) atoms. The lowest BCUT2D eigenvalue weighted by molar-refractivity contribution is 0.597. The lowest BCUT2D eigenvalue weighted by atomic mass is 10.1. The molecule has 1 aliphatic rings. The first-order valence-electron chi connectivity index (χ1n) is 7.06. The third-order valence-electron chi connectivity index (χ3n) is 3.97. The van der Waals surface area contributed by atoms with Crippen molar-refractivity contribution in [2.75, 3.05) is 11.9 Å². The van der Waals surface area contributed by atoms with Crippen LogP contribution < -0.4 is 10.5 Å². The van der Waals surface area contributed by atoms with Crippen molar-refractivity contribution < 1.29 is 12.8 Å². The molecule has 2 atom stereocenters. The number of hydrogen-bond acceptors (Lipinski definition) is 3. The normalized spacial score (nSPS) is 20.6. The number of benzene rings is 2. The van der Waals surface area contributed by atoms with Crippen molar-refractivity contribution in [3.63, 3.8) is 0 Å². The van der Waals surface area contributed by atoms with Crippen LogP contribution in [0.15, 0.2) is 53.4 Å². The van der Waals surface area contributed by atoms with E-state index in [0.29, 0.717) is 11.8 Å². The number of nitrogens with two attached hydrogens (primary N) is 1. The van der Waals surface area contributed by atoms with Crippen LogP contribution >= 0.6 is 0 Å².